The summed E-state index contributed by atoms with van der Waals surface area (Å²) in [5, 5.41) is 3.21. The van der Waals surface area contributed by atoms with Gasteiger partial charge in [-0.2, -0.15) is 4.98 Å². The van der Waals surface area contributed by atoms with Crippen molar-refractivity contribution in [1.82, 2.24) is 10.3 Å². The highest BCUT2D eigenvalue weighted by Gasteiger charge is 2.30. The number of anilines is 1. The van der Waals surface area contributed by atoms with Crippen LogP contribution >= 0.6 is 0 Å². The van der Waals surface area contributed by atoms with Crippen molar-refractivity contribution in [1.29, 1.82) is 0 Å². The van der Waals surface area contributed by atoms with Gasteiger partial charge in [-0.1, -0.05) is 6.07 Å². The van der Waals surface area contributed by atoms with Crippen LogP contribution in [0.1, 0.15) is 13.8 Å². The van der Waals surface area contributed by atoms with Crippen LogP contribution in [-0.2, 0) is 9.53 Å². The molecule has 1 aliphatic heterocycles. The summed E-state index contributed by atoms with van der Waals surface area (Å²) < 4.78 is 10.5. The Bertz CT molecular complexity index is 453. The molecule has 1 aliphatic rings. The molecule has 6 heteroatoms. The van der Waals surface area contributed by atoms with E-state index in [9.17, 15) is 4.79 Å². The zero-order valence-electron chi connectivity index (χ0n) is 12.0. The monoisotopic (exact) mass is 279 g/mol. The number of hydrogen-bond acceptors (Lipinski definition) is 6. The summed E-state index contributed by atoms with van der Waals surface area (Å²) in [4.78, 5) is 18.4. The van der Waals surface area contributed by atoms with Crippen molar-refractivity contribution in [2.75, 3.05) is 37.7 Å². The largest absolute Gasteiger partial charge is 0.478 e. The van der Waals surface area contributed by atoms with Crippen LogP contribution in [0.2, 0.25) is 0 Å². The average Bonchev–Trinajstić information content (AvgIpc) is 2.48. The minimum atomic E-state index is -0.340. The SMILES string of the molecule is CCOC(=O)C1CNCCN1c1cccc(OCC)n1. The average molecular weight is 279 g/mol. The number of piperazine rings is 1. The van der Waals surface area contributed by atoms with E-state index in [1.54, 1.807) is 0 Å². The highest BCUT2D eigenvalue weighted by Crippen LogP contribution is 2.20. The van der Waals surface area contributed by atoms with E-state index in [1.165, 1.54) is 0 Å². The summed E-state index contributed by atoms with van der Waals surface area (Å²) in [6.07, 6.45) is 0. The van der Waals surface area contributed by atoms with E-state index in [1.807, 2.05) is 36.9 Å². The lowest BCUT2D eigenvalue weighted by Gasteiger charge is -2.35. The van der Waals surface area contributed by atoms with Crippen molar-refractivity contribution >= 4 is 11.8 Å². The molecule has 6 nitrogen and oxygen atoms in total. The minimum absolute atomic E-state index is 0.219. The molecule has 20 heavy (non-hydrogen) atoms. The first-order chi connectivity index (χ1) is 9.76. The Morgan fingerprint density at radius 3 is 3.05 bits per heavy atom. The molecule has 1 aromatic heterocycles. The normalized spacial score (nSPS) is 18.7. The van der Waals surface area contributed by atoms with E-state index in [4.69, 9.17) is 9.47 Å². The van der Waals surface area contributed by atoms with Crippen LogP contribution in [0.15, 0.2) is 18.2 Å². The van der Waals surface area contributed by atoms with Crippen LogP contribution in [-0.4, -0.2) is 49.8 Å². The lowest BCUT2D eigenvalue weighted by molar-refractivity contribution is -0.144. The number of nitrogens with one attached hydrogen (secondary N) is 1. The minimum Gasteiger partial charge on any atom is -0.478 e. The molecular formula is C14H21N3O3. The van der Waals surface area contributed by atoms with Gasteiger partial charge < -0.3 is 19.7 Å². The van der Waals surface area contributed by atoms with Gasteiger partial charge in [-0.15, -0.1) is 0 Å². The number of rotatable bonds is 5. The van der Waals surface area contributed by atoms with E-state index in [0.717, 1.165) is 12.4 Å². The van der Waals surface area contributed by atoms with Crippen LogP contribution in [0, 0.1) is 0 Å². The van der Waals surface area contributed by atoms with Crippen molar-refractivity contribution in [3.05, 3.63) is 18.2 Å². The van der Waals surface area contributed by atoms with Gasteiger partial charge in [0.2, 0.25) is 5.88 Å². The Balaban J connectivity index is 2.18. The van der Waals surface area contributed by atoms with Crippen molar-refractivity contribution in [3.8, 4) is 5.88 Å². The number of carbonyl (C=O) groups is 1. The molecule has 0 saturated carbocycles. The summed E-state index contributed by atoms with van der Waals surface area (Å²) >= 11 is 0. The molecule has 2 heterocycles. The number of ether oxygens (including phenoxy) is 2. The Hall–Kier alpha value is -1.82. The van der Waals surface area contributed by atoms with E-state index < -0.39 is 0 Å². The number of hydrogen-bond donors (Lipinski definition) is 1. The van der Waals surface area contributed by atoms with Crippen molar-refractivity contribution in [2.24, 2.45) is 0 Å². The van der Waals surface area contributed by atoms with Gasteiger partial charge in [0.15, 0.2) is 0 Å². The molecule has 0 aliphatic carbocycles. The molecule has 1 saturated heterocycles. The third-order valence-electron chi connectivity index (χ3n) is 3.10. The maximum atomic E-state index is 12.0. The maximum Gasteiger partial charge on any atom is 0.330 e. The predicted molar refractivity (Wildman–Crippen MR) is 76.0 cm³/mol. The Morgan fingerprint density at radius 1 is 1.45 bits per heavy atom. The summed E-state index contributed by atoms with van der Waals surface area (Å²) in [5.74, 6) is 1.10. The second-order valence-corrected chi connectivity index (χ2v) is 4.43. The van der Waals surface area contributed by atoms with Crippen molar-refractivity contribution < 1.29 is 14.3 Å². The lowest BCUT2D eigenvalue weighted by atomic mass is 10.2. The zero-order valence-corrected chi connectivity index (χ0v) is 12.0. The first-order valence-electron chi connectivity index (χ1n) is 7.00. The van der Waals surface area contributed by atoms with Crippen molar-refractivity contribution in [2.45, 2.75) is 19.9 Å². The van der Waals surface area contributed by atoms with Gasteiger partial charge in [0, 0.05) is 25.7 Å². The van der Waals surface area contributed by atoms with Gasteiger partial charge in [0.1, 0.15) is 11.9 Å². The fraction of sp³-hybridized carbons (Fsp3) is 0.571. The van der Waals surface area contributed by atoms with Crippen LogP contribution < -0.4 is 15.0 Å². The Labute approximate surface area is 119 Å². The molecule has 1 aromatic rings. The smallest absolute Gasteiger partial charge is 0.330 e. The Kier molecular flexibility index (Phi) is 5.17. The standard InChI is InChI=1S/C14H21N3O3/c1-3-19-13-7-5-6-12(16-13)17-9-8-15-10-11(17)14(18)20-4-2/h5-7,11,15H,3-4,8-10H2,1-2H3. The second-order valence-electron chi connectivity index (χ2n) is 4.43. The molecule has 1 unspecified atom stereocenters. The molecule has 0 radical (unpaired) electrons. The van der Waals surface area contributed by atoms with E-state index in [-0.39, 0.29) is 12.0 Å². The van der Waals surface area contributed by atoms with Crippen molar-refractivity contribution in [3.63, 3.8) is 0 Å². The molecule has 1 fully saturated rings. The second kappa shape index (κ2) is 7.09. The third-order valence-corrected chi connectivity index (χ3v) is 3.10. The number of pyridine rings is 1. The summed E-state index contributed by atoms with van der Waals surface area (Å²) in [7, 11) is 0. The molecule has 1 N–H and O–H groups in total. The molecule has 0 amide bonds. The number of aromatic nitrogens is 1. The number of carbonyl (C=O) groups excluding carboxylic acids is 1. The van der Waals surface area contributed by atoms with Crippen LogP contribution in [0.3, 0.4) is 0 Å². The van der Waals surface area contributed by atoms with Crippen LogP contribution in [0.25, 0.3) is 0 Å². The topological polar surface area (TPSA) is 63.7 Å². The van der Waals surface area contributed by atoms with Gasteiger partial charge in [-0.05, 0) is 19.9 Å². The molecular weight excluding hydrogens is 258 g/mol. The van der Waals surface area contributed by atoms with Gasteiger partial charge >= 0.3 is 5.97 Å². The fourth-order valence-corrected chi connectivity index (χ4v) is 2.22. The number of nitrogens with zero attached hydrogens (tertiary/aromatic N) is 2. The number of esters is 1. The zero-order chi connectivity index (χ0) is 14.4. The third kappa shape index (κ3) is 3.39. The van der Waals surface area contributed by atoms with E-state index in [0.29, 0.717) is 32.2 Å². The molecule has 0 aromatic carbocycles. The molecule has 1 atom stereocenters. The predicted octanol–water partition coefficient (Wildman–Crippen LogP) is 0.822. The van der Waals surface area contributed by atoms with Gasteiger partial charge in [-0.3, -0.25) is 0 Å². The lowest BCUT2D eigenvalue weighted by Crippen LogP contribution is -2.56. The molecule has 0 bridgehead atoms. The Morgan fingerprint density at radius 2 is 2.30 bits per heavy atom. The summed E-state index contributed by atoms with van der Waals surface area (Å²) in [6, 6.07) is 5.25. The van der Waals surface area contributed by atoms with E-state index in [2.05, 4.69) is 10.3 Å². The summed E-state index contributed by atoms with van der Waals surface area (Å²) in [5.41, 5.74) is 0. The molecule has 110 valence electrons. The quantitative estimate of drug-likeness (QED) is 0.805. The van der Waals surface area contributed by atoms with Gasteiger partial charge in [-0.25, -0.2) is 4.79 Å². The van der Waals surface area contributed by atoms with E-state index >= 15 is 0 Å². The van der Waals surface area contributed by atoms with Gasteiger partial charge in [0.25, 0.3) is 0 Å². The first-order valence-corrected chi connectivity index (χ1v) is 7.00. The van der Waals surface area contributed by atoms with Crippen LogP contribution in [0.5, 0.6) is 5.88 Å². The van der Waals surface area contributed by atoms with Gasteiger partial charge in [0.05, 0.1) is 13.2 Å². The van der Waals surface area contributed by atoms with Crippen LogP contribution in [0.4, 0.5) is 5.82 Å². The highest BCUT2D eigenvalue weighted by molar-refractivity contribution is 5.80. The molecule has 2 rings (SSSR count). The highest BCUT2D eigenvalue weighted by atomic mass is 16.5. The first kappa shape index (κ1) is 14.6. The summed E-state index contributed by atoms with van der Waals surface area (Å²) in [6.45, 7) is 6.78. The molecule has 0 spiro atoms. The fourth-order valence-electron chi connectivity index (χ4n) is 2.22. The maximum absolute atomic E-state index is 12.0.